The molecule has 6 heteroatoms. The number of nitrogens with zero attached hydrogens (tertiary/aromatic N) is 1. The number of hydrogen-bond acceptors (Lipinski definition) is 4. The minimum Gasteiger partial charge on any atom is -0.326 e. The van der Waals surface area contributed by atoms with Gasteiger partial charge in [0.2, 0.25) is 0 Å². The molecule has 0 aliphatic heterocycles. The fraction of sp³-hybridized carbons (Fsp3) is 0.214. The molecular formula is C14H17N3O2S. The van der Waals surface area contributed by atoms with Crippen molar-refractivity contribution in [3.05, 3.63) is 53.3 Å². The van der Waals surface area contributed by atoms with Crippen LogP contribution in [0.1, 0.15) is 16.8 Å². The van der Waals surface area contributed by atoms with Crippen LogP contribution in [-0.2, 0) is 16.6 Å². The molecule has 1 aromatic carbocycles. The number of aryl methyl sites for hydroxylation is 2. The van der Waals surface area contributed by atoms with E-state index in [9.17, 15) is 8.42 Å². The monoisotopic (exact) mass is 291 g/mol. The van der Waals surface area contributed by atoms with Gasteiger partial charge in [-0.05, 0) is 49.2 Å². The number of aromatic nitrogens is 1. The van der Waals surface area contributed by atoms with E-state index < -0.39 is 10.0 Å². The number of anilines is 1. The molecule has 0 unspecified atom stereocenters. The first-order chi connectivity index (χ1) is 9.44. The van der Waals surface area contributed by atoms with Crippen LogP contribution in [0.15, 0.2) is 41.4 Å². The topological polar surface area (TPSA) is 85.1 Å². The minimum atomic E-state index is -3.61. The summed E-state index contributed by atoms with van der Waals surface area (Å²) in [5.74, 6) is 0. The molecule has 1 aromatic heterocycles. The molecule has 3 N–H and O–H groups in total. The van der Waals surface area contributed by atoms with Crippen LogP contribution >= 0.6 is 0 Å². The molecule has 0 amide bonds. The fourth-order valence-corrected chi connectivity index (χ4v) is 3.06. The maximum atomic E-state index is 12.3. The molecule has 20 heavy (non-hydrogen) atoms. The number of sulfonamides is 1. The molecule has 0 aliphatic carbocycles. The molecule has 0 fully saturated rings. The maximum absolute atomic E-state index is 12.3. The van der Waals surface area contributed by atoms with E-state index >= 15 is 0 Å². The number of benzene rings is 1. The summed E-state index contributed by atoms with van der Waals surface area (Å²) >= 11 is 0. The van der Waals surface area contributed by atoms with E-state index in [-0.39, 0.29) is 4.90 Å². The summed E-state index contributed by atoms with van der Waals surface area (Å²) in [7, 11) is -3.61. The lowest BCUT2D eigenvalue weighted by Crippen LogP contribution is -2.14. The lowest BCUT2D eigenvalue weighted by Gasteiger charge is -2.11. The first kappa shape index (κ1) is 14.5. The van der Waals surface area contributed by atoms with Crippen molar-refractivity contribution >= 4 is 15.7 Å². The van der Waals surface area contributed by atoms with E-state index in [2.05, 4.69) is 9.71 Å². The zero-order chi connectivity index (χ0) is 14.8. The van der Waals surface area contributed by atoms with Crippen LogP contribution in [0.2, 0.25) is 0 Å². The van der Waals surface area contributed by atoms with Gasteiger partial charge in [-0.1, -0.05) is 6.07 Å². The van der Waals surface area contributed by atoms with Gasteiger partial charge in [0.15, 0.2) is 0 Å². The predicted octanol–water partition coefficient (Wildman–Crippen LogP) is 1.96. The van der Waals surface area contributed by atoms with Crippen LogP contribution in [-0.4, -0.2) is 13.4 Å². The summed E-state index contributed by atoms with van der Waals surface area (Å²) in [4.78, 5) is 4.28. The molecule has 106 valence electrons. The van der Waals surface area contributed by atoms with Gasteiger partial charge in [0.1, 0.15) is 0 Å². The summed E-state index contributed by atoms with van der Waals surface area (Å²) in [5.41, 5.74) is 8.48. The average Bonchev–Trinajstić information content (AvgIpc) is 2.41. The number of hydrogen-bond donors (Lipinski definition) is 2. The first-order valence-electron chi connectivity index (χ1n) is 6.18. The van der Waals surface area contributed by atoms with Gasteiger partial charge in [0.25, 0.3) is 10.0 Å². The van der Waals surface area contributed by atoms with Crippen LogP contribution in [0, 0.1) is 13.8 Å². The molecule has 0 spiro atoms. The Labute approximate surface area is 118 Å². The summed E-state index contributed by atoms with van der Waals surface area (Å²) in [6, 6.07) is 8.29. The van der Waals surface area contributed by atoms with E-state index in [0.29, 0.717) is 17.9 Å². The lowest BCUT2D eigenvalue weighted by molar-refractivity contribution is 0.601. The summed E-state index contributed by atoms with van der Waals surface area (Å²) in [5, 5.41) is 0. The van der Waals surface area contributed by atoms with Crippen molar-refractivity contribution in [2.45, 2.75) is 25.3 Å². The molecule has 1 heterocycles. The predicted molar refractivity (Wildman–Crippen MR) is 78.9 cm³/mol. The number of nitrogens with one attached hydrogen (secondary N) is 1. The zero-order valence-corrected chi connectivity index (χ0v) is 12.2. The Morgan fingerprint density at radius 3 is 2.60 bits per heavy atom. The third-order valence-corrected chi connectivity index (χ3v) is 4.46. The zero-order valence-electron chi connectivity index (χ0n) is 11.4. The Hall–Kier alpha value is -1.92. The average molecular weight is 291 g/mol. The van der Waals surface area contributed by atoms with Crippen molar-refractivity contribution < 1.29 is 8.42 Å². The SMILES string of the molecule is Cc1cc(S(=O)(=O)Nc2cccnc2C)ccc1CN. The van der Waals surface area contributed by atoms with Gasteiger partial charge >= 0.3 is 0 Å². The summed E-state index contributed by atoms with van der Waals surface area (Å²) in [6.07, 6.45) is 1.62. The van der Waals surface area contributed by atoms with Gasteiger partial charge in [-0.25, -0.2) is 8.42 Å². The molecule has 2 aromatic rings. The highest BCUT2D eigenvalue weighted by atomic mass is 32.2. The quantitative estimate of drug-likeness (QED) is 0.901. The third kappa shape index (κ3) is 2.97. The minimum absolute atomic E-state index is 0.218. The molecule has 0 bridgehead atoms. The molecule has 0 saturated carbocycles. The standard InChI is InChI=1S/C14H17N3O2S/c1-10-8-13(6-5-12(10)9-15)20(18,19)17-14-4-3-7-16-11(14)2/h3-8,17H,9,15H2,1-2H3. The maximum Gasteiger partial charge on any atom is 0.261 e. The number of rotatable bonds is 4. The Bertz CT molecular complexity index is 727. The second-order valence-corrected chi connectivity index (χ2v) is 6.22. The smallest absolute Gasteiger partial charge is 0.261 e. The van der Waals surface area contributed by atoms with Crippen molar-refractivity contribution in [1.29, 1.82) is 0 Å². The summed E-state index contributed by atoms with van der Waals surface area (Å²) < 4.78 is 27.2. The largest absolute Gasteiger partial charge is 0.326 e. The van der Waals surface area contributed by atoms with Gasteiger partial charge in [0, 0.05) is 12.7 Å². The Balaban J connectivity index is 2.36. The second-order valence-electron chi connectivity index (χ2n) is 4.53. The van der Waals surface area contributed by atoms with Gasteiger partial charge in [0.05, 0.1) is 16.3 Å². The second kappa shape index (κ2) is 5.60. The van der Waals surface area contributed by atoms with Gasteiger partial charge in [-0.15, -0.1) is 0 Å². The van der Waals surface area contributed by atoms with Crippen LogP contribution in [0.4, 0.5) is 5.69 Å². The van der Waals surface area contributed by atoms with Crippen molar-refractivity contribution in [2.24, 2.45) is 5.73 Å². The van der Waals surface area contributed by atoms with Crippen molar-refractivity contribution in [3.8, 4) is 0 Å². The number of nitrogens with two attached hydrogens (primary N) is 1. The van der Waals surface area contributed by atoms with Crippen molar-refractivity contribution in [3.63, 3.8) is 0 Å². The fourth-order valence-electron chi connectivity index (χ4n) is 1.86. The number of pyridine rings is 1. The Morgan fingerprint density at radius 1 is 1.25 bits per heavy atom. The van der Waals surface area contributed by atoms with Crippen molar-refractivity contribution in [1.82, 2.24) is 4.98 Å². The van der Waals surface area contributed by atoms with Crippen molar-refractivity contribution in [2.75, 3.05) is 4.72 Å². The lowest BCUT2D eigenvalue weighted by atomic mass is 10.1. The highest BCUT2D eigenvalue weighted by Gasteiger charge is 2.16. The molecular weight excluding hydrogens is 274 g/mol. The highest BCUT2D eigenvalue weighted by molar-refractivity contribution is 7.92. The van der Waals surface area contributed by atoms with Crippen LogP contribution in [0.25, 0.3) is 0 Å². The molecule has 0 aliphatic rings. The van der Waals surface area contributed by atoms with E-state index in [1.54, 1.807) is 43.5 Å². The molecule has 2 rings (SSSR count). The normalized spacial score (nSPS) is 11.3. The third-order valence-electron chi connectivity index (χ3n) is 3.10. The van der Waals surface area contributed by atoms with E-state index in [4.69, 9.17) is 5.73 Å². The molecule has 0 saturated heterocycles. The van der Waals surface area contributed by atoms with Crippen LogP contribution in [0.5, 0.6) is 0 Å². The van der Waals surface area contributed by atoms with Gasteiger partial charge < -0.3 is 5.73 Å². The van der Waals surface area contributed by atoms with Gasteiger partial charge in [-0.3, -0.25) is 9.71 Å². The summed E-state index contributed by atoms with van der Waals surface area (Å²) in [6.45, 7) is 3.98. The van der Waals surface area contributed by atoms with E-state index in [1.165, 1.54) is 0 Å². The van der Waals surface area contributed by atoms with Gasteiger partial charge in [-0.2, -0.15) is 0 Å². The van der Waals surface area contributed by atoms with E-state index in [0.717, 1.165) is 11.1 Å². The Kier molecular flexibility index (Phi) is 4.06. The Morgan fingerprint density at radius 2 is 2.00 bits per heavy atom. The molecule has 0 atom stereocenters. The highest BCUT2D eigenvalue weighted by Crippen LogP contribution is 2.20. The van der Waals surface area contributed by atoms with Crippen LogP contribution < -0.4 is 10.5 Å². The van der Waals surface area contributed by atoms with E-state index in [1.807, 2.05) is 6.92 Å². The van der Waals surface area contributed by atoms with Crippen LogP contribution in [0.3, 0.4) is 0 Å². The molecule has 5 nitrogen and oxygen atoms in total. The molecule has 0 radical (unpaired) electrons. The first-order valence-corrected chi connectivity index (χ1v) is 7.66.